The molecule has 0 aliphatic rings. The van der Waals surface area contributed by atoms with E-state index in [0.29, 0.717) is 27.7 Å². The Balaban J connectivity index is 1.65. The number of methoxy groups -OCH3 is 1. The lowest BCUT2D eigenvalue weighted by Crippen LogP contribution is -2.18. The molecule has 0 aliphatic heterocycles. The Morgan fingerprint density at radius 1 is 1.10 bits per heavy atom. The van der Waals surface area contributed by atoms with Gasteiger partial charge in [0, 0.05) is 28.9 Å². The lowest BCUT2D eigenvalue weighted by molar-refractivity contribution is 0.0956. The number of fused-ring (bicyclic) bond motifs is 1. The second kappa shape index (κ2) is 8.50. The number of ether oxygens (including phenoxy) is 1. The highest BCUT2D eigenvalue weighted by molar-refractivity contribution is 6.07. The number of hydrogen-bond acceptors (Lipinski definition) is 7. The van der Waals surface area contributed by atoms with Gasteiger partial charge in [0.2, 0.25) is 5.75 Å². The van der Waals surface area contributed by atoms with Gasteiger partial charge in [-0.3, -0.25) is 9.78 Å². The SMILES string of the molecule is COc1cc(/C=N/NC(=O)c2cc(-c3ccncc3)nc3ccccc23)cc(O)c1O. The summed E-state index contributed by atoms with van der Waals surface area (Å²) >= 11 is 0. The first-order chi connectivity index (χ1) is 15.1. The second-order valence-corrected chi connectivity index (χ2v) is 6.60. The largest absolute Gasteiger partial charge is 0.504 e. The predicted molar refractivity (Wildman–Crippen MR) is 116 cm³/mol. The molecule has 0 saturated carbocycles. The van der Waals surface area contributed by atoms with Crippen LogP contribution in [0.2, 0.25) is 0 Å². The van der Waals surface area contributed by atoms with Gasteiger partial charge in [0.1, 0.15) is 0 Å². The quantitative estimate of drug-likeness (QED) is 0.261. The maximum absolute atomic E-state index is 12.9. The number of para-hydroxylation sites is 1. The van der Waals surface area contributed by atoms with Crippen molar-refractivity contribution in [2.75, 3.05) is 7.11 Å². The van der Waals surface area contributed by atoms with Gasteiger partial charge < -0.3 is 14.9 Å². The molecule has 154 valence electrons. The minimum atomic E-state index is -0.417. The van der Waals surface area contributed by atoms with Gasteiger partial charge in [-0.25, -0.2) is 10.4 Å². The number of amides is 1. The molecule has 2 heterocycles. The fraction of sp³-hybridized carbons (Fsp3) is 0.0435. The van der Waals surface area contributed by atoms with Gasteiger partial charge in [0.05, 0.1) is 30.1 Å². The third-order valence-electron chi connectivity index (χ3n) is 4.61. The van der Waals surface area contributed by atoms with Gasteiger partial charge in [-0.15, -0.1) is 0 Å². The molecule has 0 radical (unpaired) electrons. The van der Waals surface area contributed by atoms with Crippen molar-refractivity contribution in [2.24, 2.45) is 5.10 Å². The van der Waals surface area contributed by atoms with Crippen molar-refractivity contribution in [1.29, 1.82) is 0 Å². The summed E-state index contributed by atoms with van der Waals surface area (Å²) in [5, 5.41) is 24.1. The lowest BCUT2D eigenvalue weighted by atomic mass is 10.0. The minimum Gasteiger partial charge on any atom is -0.504 e. The molecule has 0 atom stereocenters. The van der Waals surface area contributed by atoms with E-state index in [1.54, 1.807) is 18.5 Å². The zero-order chi connectivity index (χ0) is 21.8. The van der Waals surface area contributed by atoms with E-state index >= 15 is 0 Å². The summed E-state index contributed by atoms with van der Waals surface area (Å²) in [6.07, 6.45) is 4.67. The normalized spacial score (nSPS) is 11.0. The molecule has 2 aromatic carbocycles. The molecule has 3 N–H and O–H groups in total. The number of aromatic hydroxyl groups is 2. The second-order valence-electron chi connectivity index (χ2n) is 6.60. The molecule has 4 aromatic rings. The van der Waals surface area contributed by atoms with Crippen LogP contribution < -0.4 is 10.2 Å². The zero-order valence-corrected chi connectivity index (χ0v) is 16.5. The minimum absolute atomic E-state index is 0.0925. The van der Waals surface area contributed by atoms with Gasteiger partial charge in [0.25, 0.3) is 5.91 Å². The molecule has 8 nitrogen and oxygen atoms in total. The molecular weight excluding hydrogens is 396 g/mol. The molecule has 31 heavy (non-hydrogen) atoms. The number of phenols is 2. The number of hydrogen-bond donors (Lipinski definition) is 3. The maximum atomic E-state index is 12.9. The molecule has 4 rings (SSSR count). The van der Waals surface area contributed by atoms with Crippen LogP contribution in [0, 0.1) is 0 Å². The Labute approximate surface area is 177 Å². The molecule has 2 aromatic heterocycles. The van der Waals surface area contributed by atoms with Crippen molar-refractivity contribution in [3.05, 3.63) is 78.1 Å². The van der Waals surface area contributed by atoms with Crippen LogP contribution in [0.3, 0.4) is 0 Å². The molecule has 0 bridgehead atoms. The summed E-state index contributed by atoms with van der Waals surface area (Å²) < 4.78 is 5.00. The van der Waals surface area contributed by atoms with E-state index in [1.807, 2.05) is 36.4 Å². The highest BCUT2D eigenvalue weighted by Crippen LogP contribution is 2.35. The van der Waals surface area contributed by atoms with Gasteiger partial charge in [-0.1, -0.05) is 18.2 Å². The van der Waals surface area contributed by atoms with E-state index in [1.165, 1.54) is 25.5 Å². The van der Waals surface area contributed by atoms with Crippen molar-refractivity contribution >= 4 is 23.0 Å². The fourth-order valence-corrected chi connectivity index (χ4v) is 3.10. The molecule has 0 unspecified atom stereocenters. The Morgan fingerprint density at radius 2 is 1.87 bits per heavy atom. The van der Waals surface area contributed by atoms with Crippen molar-refractivity contribution in [3.8, 4) is 28.5 Å². The number of benzene rings is 2. The molecular formula is C23H18N4O4. The first kappa shape index (κ1) is 19.8. The van der Waals surface area contributed by atoms with Crippen LogP contribution in [0.15, 0.2) is 72.1 Å². The van der Waals surface area contributed by atoms with Crippen LogP contribution in [0.1, 0.15) is 15.9 Å². The standard InChI is InChI=1S/C23H18N4O4/c1-31-21-11-14(10-20(28)22(21)29)13-25-27-23(30)17-12-19(15-6-8-24-9-7-15)26-18-5-3-2-4-16(17)18/h2-13,28-29H,1H3,(H,27,30)/b25-13+. The van der Waals surface area contributed by atoms with Crippen molar-refractivity contribution in [1.82, 2.24) is 15.4 Å². The smallest absolute Gasteiger partial charge is 0.272 e. The number of aromatic nitrogens is 2. The van der Waals surface area contributed by atoms with Crippen LogP contribution in [-0.2, 0) is 0 Å². The maximum Gasteiger partial charge on any atom is 0.272 e. The number of carbonyl (C=O) groups excluding carboxylic acids is 1. The Kier molecular flexibility index (Phi) is 5.44. The lowest BCUT2D eigenvalue weighted by Gasteiger charge is -2.09. The molecule has 0 fully saturated rings. The molecule has 0 spiro atoms. The Morgan fingerprint density at radius 3 is 2.65 bits per heavy atom. The van der Waals surface area contributed by atoms with E-state index in [4.69, 9.17) is 4.74 Å². The number of pyridine rings is 2. The summed E-state index contributed by atoms with van der Waals surface area (Å²) in [5.74, 6) is -1.04. The average molecular weight is 414 g/mol. The number of carbonyl (C=O) groups is 1. The molecule has 0 saturated heterocycles. The summed E-state index contributed by atoms with van der Waals surface area (Å²) in [6.45, 7) is 0. The van der Waals surface area contributed by atoms with Crippen LogP contribution in [0.5, 0.6) is 17.2 Å². The molecule has 1 amide bonds. The van der Waals surface area contributed by atoms with E-state index in [2.05, 4.69) is 20.5 Å². The Hall–Kier alpha value is -4.46. The number of phenolic OH excluding ortho intramolecular Hbond substituents is 2. The van der Waals surface area contributed by atoms with Crippen molar-refractivity contribution in [3.63, 3.8) is 0 Å². The van der Waals surface area contributed by atoms with Crippen LogP contribution >= 0.6 is 0 Å². The number of rotatable bonds is 5. The fourth-order valence-electron chi connectivity index (χ4n) is 3.10. The number of nitrogens with zero attached hydrogens (tertiary/aromatic N) is 3. The van der Waals surface area contributed by atoms with E-state index < -0.39 is 5.91 Å². The summed E-state index contributed by atoms with van der Waals surface area (Å²) in [6, 6.07) is 15.5. The first-order valence-corrected chi connectivity index (χ1v) is 9.30. The van der Waals surface area contributed by atoms with Gasteiger partial charge in [-0.05, 0) is 36.4 Å². The predicted octanol–water partition coefficient (Wildman–Crippen LogP) is 3.48. The van der Waals surface area contributed by atoms with Crippen LogP contribution in [-0.4, -0.2) is 39.4 Å². The van der Waals surface area contributed by atoms with Crippen LogP contribution in [0.25, 0.3) is 22.2 Å². The van der Waals surface area contributed by atoms with Crippen LogP contribution in [0.4, 0.5) is 0 Å². The zero-order valence-electron chi connectivity index (χ0n) is 16.5. The molecule has 0 aliphatic carbocycles. The van der Waals surface area contributed by atoms with Gasteiger partial charge in [-0.2, -0.15) is 5.10 Å². The average Bonchev–Trinajstić information content (AvgIpc) is 2.81. The number of nitrogens with one attached hydrogen (secondary N) is 1. The molecule has 8 heteroatoms. The Bertz CT molecular complexity index is 1290. The van der Waals surface area contributed by atoms with Crippen molar-refractivity contribution < 1.29 is 19.7 Å². The monoisotopic (exact) mass is 414 g/mol. The third kappa shape index (κ3) is 4.13. The van der Waals surface area contributed by atoms with E-state index in [0.717, 1.165) is 5.56 Å². The third-order valence-corrected chi connectivity index (χ3v) is 4.61. The number of hydrazone groups is 1. The van der Waals surface area contributed by atoms with Gasteiger partial charge >= 0.3 is 0 Å². The topological polar surface area (TPSA) is 117 Å². The van der Waals surface area contributed by atoms with E-state index in [9.17, 15) is 15.0 Å². The first-order valence-electron chi connectivity index (χ1n) is 9.30. The van der Waals surface area contributed by atoms with E-state index in [-0.39, 0.29) is 17.2 Å². The highest BCUT2D eigenvalue weighted by Gasteiger charge is 2.14. The summed E-state index contributed by atoms with van der Waals surface area (Å²) in [5.41, 5.74) is 5.51. The summed E-state index contributed by atoms with van der Waals surface area (Å²) in [7, 11) is 1.37. The van der Waals surface area contributed by atoms with Gasteiger partial charge in [0.15, 0.2) is 11.5 Å². The van der Waals surface area contributed by atoms with Crippen molar-refractivity contribution in [2.45, 2.75) is 0 Å². The highest BCUT2D eigenvalue weighted by atomic mass is 16.5. The summed E-state index contributed by atoms with van der Waals surface area (Å²) in [4.78, 5) is 21.6.